The smallest absolute Gasteiger partial charge is 0.433 e. The van der Waals surface area contributed by atoms with Crippen LogP contribution in [0, 0.1) is 0 Å². The Morgan fingerprint density at radius 3 is 2.30 bits per heavy atom. The predicted octanol–water partition coefficient (Wildman–Crippen LogP) is 2.47. The summed E-state index contributed by atoms with van der Waals surface area (Å²) < 4.78 is 44.1. The molecule has 2 rings (SSSR count). The highest BCUT2D eigenvalue weighted by molar-refractivity contribution is 5.61. The Bertz CT molecular complexity index is 675. The molecular weight excluding hydrogens is 273 g/mol. The van der Waals surface area contributed by atoms with Gasteiger partial charge < -0.3 is 4.74 Å². The largest absolute Gasteiger partial charge is 0.497 e. The number of benzene rings is 1. The van der Waals surface area contributed by atoms with Crippen molar-refractivity contribution in [1.82, 2.24) is 9.55 Å². The third-order valence-corrected chi connectivity index (χ3v) is 2.81. The number of hydrogen-bond donors (Lipinski definition) is 0. The summed E-state index contributed by atoms with van der Waals surface area (Å²) >= 11 is 0. The second-order valence-corrected chi connectivity index (χ2v) is 4.09. The molecule has 0 amide bonds. The number of methoxy groups -OCH3 is 1. The fourth-order valence-corrected chi connectivity index (χ4v) is 1.72. The van der Waals surface area contributed by atoms with Crippen LogP contribution >= 0.6 is 0 Å². The summed E-state index contributed by atoms with van der Waals surface area (Å²) in [4.78, 5) is 14.6. The van der Waals surface area contributed by atoms with Gasteiger partial charge >= 0.3 is 11.9 Å². The fourth-order valence-electron chi connectivity index (χ4n) is 1.72. The molecule has 7 heteroatoms. The quantitative estimate of drug-likeness (QED) is 0.851. The highest BCUT2D eigenvalue weighted by atomic mass is 19.4. The van der Waals surface area contributed by atoms with Gasteiger partial charge in [0, 0.05) is 7.05 Å². The van der Waals surface area contributed by atoms with Gasteiger partial charge in [-0.3, -0.25) is 4.57 Å². The lowest BCUT2D eigenvalue weighted by Gasteiger charge is -2.12. The Morgan fingerprint density at radius 1 is 1.20 bits per heavy atom. The van der Waals surface area contributed by atoms with Crippen LogP contribution in [0.25, 0.3) is 11.3 Å². The Labute approximate surface area is 112 Å². The molecule has 0 atom stereocenters. The van der Waals surface area contributed by atoms with Crippen LogP contribution in [0.15, 0.2) is 35.1 Å². The number of alkyl halides is 3. The molecule has 0 saturated heterocycles. The van der Waals surface area contributed by atoms with E-state index in [1.807, 2.05) is 0 Å². The van der Waals surface area contributed by atoms with Crippen molar-refractivity contribution in [3.05, 3.63) is 46.5 Å². The zero-order chi connectivity index (χ0) is 14.9. The number of rotatable bonds is 2. The van der Waals surface area contributed by atoms with Crippen LogP contribution in [0.5, 0.6) is 5.75 Å². The van der Waals surface area contributed by atoms with E-state index >= 15 is 0 Å². The highest BCUT2D eigenvalue weighted by Crippen LogP contribution is 2.29. The van der Waals surface area contributed by atoms with Gasteiger partial charge in [0.25, 0.3) is 0 Å². The number of aromatic nitrogens is 2. The molecule has 1 aromatic carbocycles. The van der Waals surface area contributed by atoms with Crippen molar-refractivity contribution in [1.29, 1.82) is 0 Å². The molecule has 1 heterocycles. The average molecular weight is 284 g/mol. The van der Waals surface area contributed by atoms with Gasteiger partial charge in [0.15, 0.2) is 5.69 Å². The molecule has 0 spiro atoms. The molecular formula is C13H11F3N2O2. The van der Waals surface area contributed by atoms with E-state index in [1.165, 1.54) is 14.2 Å². The zero-order valence-electron chi connectivity index (χ0n) is 10.7. The normalized spacial score (nSPS) is 11.4. The highest BCUT2D eigenvalue weighted by Gasteiger charge is 2.33. The minimum absolute atomic E-state index is 0.139. The molecule has 0 unspecified atom stereocenters. The SMILES string of the molecule is COc1ccc(-c2cc(C(F)(F)F)nc(=O)n2C)cc1. The van der Waals surface area contributed by atoms with Gasteiger partial charge in [-0.05, 0) is 35.9 Å². The second kappa shape index (κ2) is 4.99. The monoisotopic (exact) mass is 284 g/mol. The first-order valence-corrected chi connectivity index (χ1v) is 5.62. The van der Waals surface area contributed by atoms with Crippen LogP contribution in [-0.2, 0) is 13.2 Å². The van der Waals surface area contributed by atoms with E-state index in [0.717, 1.165) is 10.6 Å². The van der Waals surface area contributed by atoms with Crippen molar-refractivity contribution in [2.75, 3.05) is 7.11 Å². The maximum atomic E-state index is 12.7. The van der Waals surface area contributed by atoms with Crippen LogP contribution in [0.3, 0.4) is 0 Å². The lowest BCUT2D eigenvalue weighted by Crippen LogP contribution is -2.25. The summed E-state index contributed by atoms with van der Waals surface area (Å²) in [5.74, 6) is 0.573. The standard InChI is InChI=1S/C13H11F3N2O2/c1-18-10(8-3-5-9(20-2)6-4-8)7-11(13(14,15)16)17-12(18)19/h3-7H,1-2H3. The third kappa shape index (κ3) is 2.66. The minimum Gasteiger partial charge on any atom is -0.497 e. The minimum atomic E-state index is -4.66. The summed E-state index contributed by atoms with van der Waals surface area (Å²) in [5, 5.41) is 0. The van der Waals surface area contributed by atoms with E-state index in [-0.39, 0.29) is 5.69 Å². The molecule has 20 heavy (non-hydrogen) atoms. The molecule has 0 saturated carbocycles. The molecule has 0 aliphatic heterocycles. The number of halogens is 3. The van der Waals surface area contributed by atoms with E-state index in [2.05, 4.69) is 4.98 Å². The van der Waals surface area contributed by atoms with Gasteiger partial charge in [-0.1, -0.05) is 0 Å². The lowest BCUT2D eigenvalue weighted by atomic mass is 10.1. The molecule has 0 radical (unpaired) electrons. The average Bonchev–Trinajstić information content (AvgIpc) is 2.40. The van der Waals surface area contributed by atoms with Gasteiger partial charge in [-0.25, -0.2) is 4.79 Å². The topological polar surface area (TPSA) is 44.1 Å². The van der Waals surface area contributed by atoms with E-state index in [0.29, 0.717) is 11.3 Å². The molecule has 1 aromatic heterocycles. The van der Waals surface area contributed by atoms with E-state index in [4.69, 9.17) is 4.74 Å². The molecule has 2 aromatic rings. The molecule has 0 N–H and O–H groups in total. The van der Waals surface area contributed by atoms with Crippen molar-refractivity contribution in [3.8, 4) is 17.0 Å². The maximum Gasteiger partial charge on any atom is 0.433 e. The number of hydrogen-bond acceptors (Lipinski definition) is 3. The van der Waals surface area contributed by atoms with Crippen LogP contribution in [0.1, 0.15) is 5.69 Å². The van der Waals surface area contributed by atoms with Crippen LogP contribution in [0.4, 0.5) is 13.2 Å². The molecule has 0 aliphatic rings. The number of ether oxygens (including phenoxy) is 1. The van der Waals surface area contributed by atoms with Crippen LogP contribution < -0.4 is 10.4 Å². The van der Waals surface area contributed by atoms with E-state index in [9.17, 15) is 18.0 Å². The van der Waals surface area contributed by atoms with Crippen LogP contribution in [-0.4, -0.2) is 16.7 Å². The summed E-state index contributed by atoms with van der Waals surface area (Å²) in [7, 11) is 2.86. The first-order valence-electron chi connectivity index (χ1n) is 5.62. The third-order valence-electron chi connectivity index (χ3n) is 2.81. The Kier molecular flexibility index (Phi) is 3.52. The molecule has 0 aliphatic carbocycles. The zero-order valence-corrected chi connectivity index (χ0v) is 10.7. The second-order valence-electron chi connectivity index (χ2n) is 4.09. The van der Waals surface area contributed by atoms with Gasteiger partial charge in [-0.2, -0.15) is 18.2 Å². The Morgan fingerprint density at radius 2 is 1.80 bits per heavy atom. The van der Waals surface area contributed by atoms with Crippen molar-refractivity contribution in [3.63, 3.8) is 0 Å². The lowest BCUT2D eigenvalue weighted by molar-refractivity contribution is -0.141. The number of nitrogens with zero attached hydrogens (tertiary/aromatic N) is 2. The predicted molar refractivity (Wildman–Crippen MR) is 66.5 cm³/mol. The van der Waals surface area contributed by atoms with Gasteiger partial charge in [0.1, 0.15) is 5.75 Å². The summed E-state index contributed by atoms with van der Waals surface area (Å²) in [6.45, 7) is 0. The van der Waals surface area contributed by atoms with E-state index < -0.39 is 17.6 Å². The molecule has 4 nitrogen and oxygen atoms in total. The van der Waals surface area contributed by atoms with Gasteiger partial charge in [-0.15, -0.1) is 0 Å². The van der Waals surface area contributed by atoms with Crippen molar-refractivity contribution in [2.24, 2.45) is 7.05 Å². The first kappa shape index (κ1) is 14.1. The van der Waals surface area contributed by atoms with Crippen molar-refractivity contribution in [2.45, 2.75) is 6.18 Å². The van der Waals surface area contributed by atoms with Gasteiger partial charge in [0.05, 0.1) is 12.8 Å². The van der Waals surface area contributed by atoms with Crippen molar-refractivity contribution >= 4 is 0 Å². The first-order chi connectivity index (χ1) is 9.32. The molecule has 0 fully saturated rings. The maximum absolute atomic E-state index is 12.7. The van der Waals surface area contributed by atoms with Gasteiger partial charge in [0.2, 0.25) is 0 Å². The van der Waals surface area contributed by atoms with Crippen molar-refractivity contribution < 1.29 is 17.9 Å². The summed E-state index contributed by atoms with van der Waals surface area (Å²) in [6, 6.07) is 7.21. The summed E-state index contributed by atoms with van der Waals surface area (Å²) in [5.41, 5.74) is -1.55. The Balaban J connectivity index is 2.60. The van der Waals surface area contributed by atoms with Crippen LogP contribution in [0.2, 0.25) is 0 Å². The molecule has 106 valence electrons. The molecule has 0 bridgehead atoms. The fraction of sp³-hybridized carbons (Fsp3) is 0.231. The van der Waals surface area contributed by atoms with E-state index in [1.54, 1.807) is 24.3 Å². The summed E-state index contributed by atoms with van der Waals surface area (Å²) in [6.07, 6.45) is -4.66. The Hall–Kier alpha value is -2.31.